The molecule has 1 saturated heterocycles. The molecule has 0 aliphatic carbocycles. The zero-order chi connectivity index (χ0) is 15.1. The van der Waals surface area contributed by atoms with Gasteiger partial charge < -0.3 is 15.3 Å². The summed E-state index contributed by atoms with van der Waals surface area (Å²) in [5, 5.41) is 12.6. The van der Waals surface area contributed by atoms with Gasteiger partial charge in [0.15, 0.2) is 0 Å². The average molecular weight is 290 g/mol. The zero-order valence-corrected chi connectivity index (χ0v) is 13.5. The Hall–Kier alpha value is -1.06. The van der Waals surface area contributed by atoms with Crippen molar-refractivity contribution < 1.29 is 5.11 Å². The summed E-state index contributed by atoms with van der Waals surface area (Å²) in [4.78, 5) is 2.59. The third-order valence-electron chi connectivity index (χ3n) is 4.63. The van der Waals surface area contributed by atoms with Crippen molar-refractivity contribution in [2.45, 2.75) is 45.6 Å². The number of nitrogens with one attached hydrogen (secondary N) is 1. The Kier molecular flexibility index (Phi) is 6.52. The van der Waals surface area contributed by atoms with Crippen LogP contribution in [-0.4, -0.2) is 42.3 Å². The Labute approximate surface area is 129 Å². The lowest BCUT2D eigenvalue weighted by Gasteiger charge is -2.35. The molecule has 2 N–H and O–H groups in total. The molecule has 3 nitrogen and oxygen atoms in total. The number of nitrogens with zero attached hydrogens (tertiary/aromatic N) is 1. The summed E-state index contributed by atoms with van der Waals surface area (Å²) in [7, 11) is 0. The monoisotopic (exact) mass is 290 g/mol. The normalized spacial score (nSPS) is 18.6. The van der Waals surface area contributed by atoms with Gasteiger partial charge in [0.25, 0.3) is 0 Å². The number of hydrogen-bond donors (Lipinski definition) is 2. The molecule has 0 radical (unpaired) electrons. The van der Waals surface area contributed by atoms with Crippen LogP contribution in [0.5, 0.6) is 0 Å². The summed E-state index contributed by atoms with van der Waals surface area (Å²) in [6, 6.07) is 9.00. The highest BCUT2D eigenvalue weighted by Crippen LogP contribution is 2.23. The van der Waals surface area contributed by atoms with Crippen molar-refractivity contribution >= 4 is 5.69 Å². The summed E-state index contributed by atoms with van der Waals surface area (Å²) in [6.45, 7) is 8.54. The summed E-state index contributed by atoms with van der Waals surface area (Å²) in [5.41, 5.74) is 2.39. The first kappa shape index (κ1) is 16.3. The third-order valence-corrected chi connectivity index (χ3v) is 4.63. The minimum absolute atomic E-state index is 0.222. The molecule has 0 amide bonds. The highest BCUT2D eigenvalue weighted by Gasteiger charge is 2.23. The standard InChI is InChI=1S/C18H30N2O/c1-3-11-20-12-8-17(9-13-20)15(2)19-18-6-4-16(5-7-18)10-14-21/h4-7,15,17,19,21H,3,8-14H2,1-2H3. The topological polar surface area (TPSA) is 35.5 Å². The van der Waals surface area contributed by atoms with E-state index < -0.39 is 0 Å². The summed E-state index contributed by atoms with van der Waals surface area (Å²) >= 11 is 0. The lowest BCUT2D eigenvalue weighted by Crippen LogP contribution is -2.39. The molecule has 0 bridgehead atoms. The maximum Gasteiger partial charge on any atom is 0.0471 e. The maximum absolute atomic E-state index is 8.94. The predicted octanol–water partition coefficient (Wildman–Crippen LogP) is 3.14. The van der Waals surface area contributed by atoms with Crippen molar-refractivity contribution in [1.82, 2.24) is 4.90 Å². The fourth-order valence-electron chi connectivity index (χ4n) is 3.27. The van der Waals surface area contributed by atoms with Gasteiger partial charge in [-0.15, -0.1) is 0 Å². The van der Waals surface area contributed by atoms with Gasteiger partial charge in [0.1, 0.15) is 0 Å². The highest BCUT2D eigenvalue weighted by atomic mass is 16.2. The van der Waals surface area contributed by atoms with Gasteiger partial charge in [0, 0.05) is 18.3 Å². The number of benzene rings is 1. The molecule has 0 spiro atoms. The molecule has 1 fully saturated rings. The number of rotatable bonds is 7. The van der Waals surface area contributed by atoms with Crippen LogP contribution in [0.25, 0.3) is 0 Å². The molecule has 1 aliphatic heterocycles. The largest absolute Gasteiger partial charge is 0.396 e. The van der Waals surface area contributed by atoms with Gasteiger partial charge in [-0.3, -0.25) is 0 Å². The quantitative estimate of drug-likeness (QED) is 0.810. The highest BCUT2D eigenvalue weighted by molar-refractivity contribution is 5.45. The Balaban J connectivity index is 1.80. The van der Waals surface area contributed by atoms with Crippen molar-refractivity contribution in [1.29, 1.82) is 0 Å². The van der Waals surface area contributed by atoms with E-state index in [4.69, 9.17) is 5.11 Å². The van der Waals surface area contributed by atoms with Crippen molar-refractivity contribution in [3.8, 4) is 0 Å². The molecule has 0 aromatic heterocycles. The lowest BCUT2D eigenvalue weighted by molar-refractivity contribution is 0.176. The van der Waals surface area contributed by atoms with Crippen LogP contribution in [0, 0.1) is 5.92 Å². The molecular formula is C18H30N2O. The molecule has 1 heterocycles. The summed E-state index contributed by atoms with van der Waals surface area (Å²) in [5.74, 6) is 0.773. The van der Waals surface area contributed by atoms with Gasteiger partial charge >= 0.3 is 0 Å². The van der Waals surface area contributed by atoms with Crippen molar-refractivity contribution in [2.75, 3.05) is 31.6 Å². The van der Waals surface area contributed by atoms with Crippen molar-refractivity contribution in [3.05, 3.63) is 29.8 Å². The van der Waals surface area contributed by atoms with E-state index in [1.54, 1.807) is 0 Å². The van der Waals surface area contributed by atoms with Gasteiger partial charge in [-0.1, -0.05) is 19.1 Å². The van der Waals surface area contributed by atoms with E-state index in [2.05, 4.69) is 48.3 Å². The van der Waals surface area contributed by atoms with Gasteiger partial charge in [-0.25, -0.2) is 0 Å². The van der Waals surface area contributed by atoms with E-state index in [0.717, 1.165) is 12.3 Å². The Morgan fingerprint density at radius 3 is 2.48 bits per heavy atom. The van der Waals surface area contributed by atoms with Crippen LogP contribution >= 0.6 is 0 Å². The first-order chi connectivity index (χ1) is 10.2. The van der Waals surface area contributed by atoms with Gasteiger partial charge in [0.2, 0.25) is 0 Å². The SMILES string of the molecule is CCCN1CCC(C(C)Nc2ccc(CCO)cc2)CC1. The van der Waals surface area contributed by atoms with E-state index in [0.29, 0.717) is 6.04 Å². The first-order valence-electron chi connectivity index (χ1n) is 8.41. The third kappa shape index (κ3) is 5.01. The van der Waals surface area contributed by atoms with Crippen LogP contribution in [0.2, 0.25) is 0 Å². The number of hydrogen-bond acceptors (Lipinski definition) is 3. The minimum atomic E-state index is 0.222. The van der Waals surface area contributed by atoms with Crippen molar-refractivity contribution in [3.63, 3.8) is 0 Å². The number of aliphatic hydroxyl groups is 1. The predicted molar refractivity (Wildman–Crippen MR) is 89.8 cm³/mol. The molecule has 21 heavy (non-hydrogen) atoms. The Morgan fingerprint density at radius 1 is 1.24 bits per heavy atom. The zero-order valence-electron chi connectivity index (χ0n) is 13.5. The second kappa shape index (κ2) is 8.40. The van der Waals surface area contributed by atoms with Gasteiger partial charge in [-0.2, -0.15) is 0 Å². The molecule has 1 aromatic rings. The molecule has 0 saturated carbocycles. The van der Waals surface area contributed by atoms with Gasteiger partial charge in [0.05, 0.1) is 0 Å². The van der Waals surface area contributed by atoms with Crippen LogP contribution < -0.4 is 5.32 Å². The summed E-state index contributed by atoms with van der Waals surface area (Å²) < 4.78 is 0. The second-order valence-electron chi connectivity index (χ2n) is 6.28. The number of aliphatic hydroxyl groups excluding tert-OH is 1. The Bertz CT molecular complexity index is 396. The van der Waals surface area contributed by atoms with Crippen LogP contribution in [0.3, 0.4) is 0 Å². The molecule has 1 unspecified atom stereocenters. The van der Waals surface area contributed by atoms with E-state index in [1.807, 2.05) is 0 Å². The van der Waals surface area contributed by atoms with E-state index in [9.17, 15) is 0 Å². The number of piperidine rings is 1. The maximum atomic E-state index is 8.94. The lowest BCUT2D eigenvalue weighted by atomic mass is 9.90. The van der Waals surface area contributed by atoms with Crippen molar-refractivity contribution in [2.24, 2.45) is 5.92 Å². The second-order valence-corrected chi connectivity index (χ2v) is 6.28. The fraction of sp³-hybridized carbons (Fsp3) is 0.667. The van der Waals surface area contributed by atoms with Crippen LogP contribution in [-0.2, 0) is 6.42 Å². The molecule has 2 rings (SSSR count). The van der Waals surface area contributed by atoms with Gasteiger partial charge in [-0.05, 0) is 75.9 Å². The summed E-state index contributed by atoms with van der Waals surface area (Å²) in [6.07, 6.45) is 4.61. The first-order valence-corrected chi connectivity index (χ1v) is 8.41. The van der Waals surface area contributed by atoms with E-state index in [-0.39, 0.29) is 6.61 Å². The minimum Gasteiger partial charge on any atom is -0.396 e. The number of anilines is 1. The fourth-order valence-corrected chi connectivity index (χ4v) is 3.27. The van der Waals surface area contributed by atoms with E-state index in [1.165, 1.54) is 50.1 Å². The molecule has 118 valence electrons. The van der Waals surface area contributed by atoms with Crippen LogP contribution in [0.15, 0.2) is 24.3 Å². The number of likely N-dealkylation sites (tertiary alicyclic amines) is 1. The Morgan fingerprint density at radius 2 is 1.90 bits per heavy atom. The molecule has 3 heteroatoms. The van der Waals surface area contributed by atoms with Crippen LogP contribution in [0.4, 0.5) is 5.69 Å². The molecule has 1 aromatic carbocycles. The van der Waals surface area contributed by atoms with Crippen LogP contribution in [0.1, 0.15) is 38.7 Å². The average Bonchev–Trinajstić information content (AvgIpc) is 2.50. The molecular weight excluding hydrogens is 260 g/mol. The smallest absolute Gasteiger partial charge is 0.0471 e. The molecule has 1 aliphatic rings. The molecule has 1 atom stereocenters. The van der Waals surface area contributed by atoms with E-state index >= 15 is 0 Å².